The van der Waals surface area contributed by atoms with Crippen molar-refractivity contribution in [1.82, 2.24) is 0 Å². The summed E-state index contributed by atoms with van der Waals surface area (Å²) in [6, 6.07) is 7.67. The predicted molar refractivity (Wildman–Crippen MR) is 62.5 cm³/mol. The van der Waals surface area contributed by atoms with Crippen LogP contribution < -0.4 is 9.31 Å². The molecule has 0 aromatic heterocycles. The molecule has 1 heterocycles. The van der Waals surface area contributed by atoms with Gasteiger partial charge in [0.1, 0.15) is 11.5 Å². The van der Waals surface area contributed by atoms with Crippen LogP contribution >= 0.6 is 11.6 Å². The average molecular weight is 222 g/mol. The quantitative estimate of drug-likeness (QED) is 0.443. The molecule has 15 heavy (non-hydrogen) atoms. The van der Waals surface area contributed by atoms with Crippen molar-refractivity contribution in [1.29, 1.82) is 0 Å². The Labute approximate surface area is 95.0 Å². The predicted octanol–water partition coefficient (Wildman–Crippen LogP) is 3.06. The number of fused-ring (bicyclic) bond motifs is 1. The summed E-state index contributed by atoms with van der Waals surface area (Å²) < 4.78 is 11.1. The second-order valence-corrected chi connectivity index (χ2v) is 3.69. The number of benzene rings is 1. The number of halogens is 1. The summed E-state index contributed by atoms with van der Waals surface area (Å²) >= 11 is 5.57. The van der Waals surface area contributed by atoms with Crippen LogP contribution in [-0.4, -0.2) is 13.0 Å². The van der Waals surface area contributed by atoms with Crippen molar-refractivity contribution in [2.24, 2.45) is 0 Å². The maximum absolute atomic E-state index is 5.57. The zero-order chi connectivity index (χ0) is 10.5. The second kappa shape index (κ2) is 5.12. The Morgan fingerprint density at radius 1 is 1.20 bits per heavy atom. The molecule has 1 aliphatic heterocycles. The van der Waals surface area contributed by atoms with Gasteiger partial charge >= 0.3 is 7.12 Å². The molecule has 0 bridgehead atoms. The summed E-state index contributed by atoms with van der Waals surface area (Å²) in [5, 5.41) is 0. The highest BCUT2D eigenvalue weighted by Gasteiger charge is 2.28. The van der Waals surface area contributed by atoms with Crippen molar-refractivity contribution >= 4 is 18.7 Å². The normalized spacial score (nSPS) is 13.8. The van der Waals surface area contributed by atoms with E-state index in [1.807, 2.05) is 36.3 Å². The Hall–Kier alpha value is -1.09. The van der Waals surface area contributed by atoms with Crippen LogP contribution in [-0.2, 0) is 0 Å². The van der Waals surface area contributed by atoms with E-state index in [0.717, 1.165) is 24.3 Å². The maximum atomic E-state index is 5.57. The molecule has 0 N–H and O–H groups in total. The van der Waals surface area contributed by atoms with Crippen LogP contribution in [0, 0.1) is 0 Å². The molecular weight excluding hydrogens is 210 g/mol. The highest BCUT2D eigenvalue weighted by atomic mass is 35.5. The Morgan fingerprint density at radius 3 is 2.47 bits per heavy atom. The second-order valence-electron chi connectivity index (χ2n) is 3.31. The van der Waals surface area contributed by atoms with Gasteiger partial charge in [-0.3, -0.25) is 0 Å². The first-order chi connectivity index (χ1) is 7.40. The minimum atomic E-state index is -0.280. The van der Waals surface area contributed by atoms with Gasteiger partial charge in [-0.15, -0.1) is 11.6 Å². The lowest BCUT2D eigenvalue weighted by atomic mass is 9.90. The molecule has 0 radical (unpaired) electrons. The van der Waals surface area contributed by atoms with E-state index >= 15 is 0 Å². The Bertz CT molecular complexity index is 329. The molecule has 0 aliphatic carbocycles. The molecule has 4 heteroatoms. The molecule has 1 aliphatic rings. The van der Waals surface area contributed by atoms with E-state index in [2.05, 4.69) is 0 Å². The van der Waals surface area contributed by atoms with Gasteiger partial charge in [0.05, 0.1) is 0 Å². The molecule has 1 aromatic carbocycles. The first-order valence-corrected chi connectivity index (χ1v) is 5.58. The third-order valence-corrected chi connectivity index (χ3v) is 2.40. The molecule has 1 aromatic rings. The fraction of sp³-hybridized carbons (Fsp3) is 0.273. The monoisotopic (exact) mass is 222 g/mol. The third-order valence-electron chi connectivity index (χ3n) is 2.13. The van der Waals surface area contributed by atoms with Gasteiger partial charge < -0.3 is 9.31 Å². The molecule has 0 saturated carbocycles. The van der Waals surface area contributed by atoms with E-state index < -0.39 is 0 Å². The van der Waals surface area contributed by atoms with E-state index in [4.69, 9.17) is 20.9 Å². The summed E-state index contributed by atoms with van der Waals surface area (Å²) in [5.41, 5.74) is 0. The van der Waals surface area contributed by atoms with Crippen LogP contribution in [0.2, 0.25) is 0 Å². The van der Waals surface area contributed by atoms with Crippen molar-refractivity contribution in [3.63, 3.8) is 0 Å². The maximum Gasteiger partial charge on any atom is 0.624 e. The van der Waals surface area contributed by atoms with E-state index in [-0.39, 0.29) is 7.12 Å². The fourth-order valence-electron chi connectivity index (χ4n) is 1.40. The number of rotatable bonds is 4. The molecule has 2 nitrogen and oxygen atoms in total. The first kappa shape index (κ1) is 10.4. The van der Waals surface area contributed by atoms with E-state index in [9.17, 15) is 0 Å². The third kappa shape index (κ3) is 2.69. The van der Waals surface area contributed by atoms with E-state index in [0.29, 0.717) is 5.88 Å². The Morgan fingerprint density at radius 2 is 1.87 bits per heavy atom. The number of unbranched alkanes of at least 4 members (excludes halogenated alkanes) is 1. The SMILES string of the molecule is ClCCC/C=C\B1Oc2ccccc2O1. The summed E-state index contributed by atoms with van der Waals surface area (Å²) in [6.07, 6.45) is 3.99. The number of hydrogen-bond donors (Lipinski definition) is 0. The molecular formula is C11H12BClO2. The standard InChI is InChI=1S/C11H12BClO2/c13-9-5-1-4-8-12-14-10-6-2-3-7-11(10)15-12/h2-4,6-8H,1,5,9H2/b8-4-. The molecule has 0 amide bonds. The first-order valence-electron chi connectivity index (χ1n) is 5.05. The lowest BCUT2D eigenvalue weighted by molar-refractivity contribution is 0.517. The minimum absolute atomic E-state index is 0.280. The molecule has 78 valence electrons. The lowest BCUT2D eigenvalue weighted by Crippen LogP contribution is -2.21. The average Bonchev–Trinajstić information content (AvgIpc) is 2.67. The van der Waals surface area contributed by atoms with Crippen molar-refractivity contribution in [2.45, 2.75) is 12.8 Å². The van der Waals surface area contributed by atoms with Gasteiger partial charge in [-0.2, -0.15) is 0 Å². The number of para-hydroxylation sites is 2. The van der Waals surface area contributed by atoms with Gasteiger partial charge in [0.15, 0.2) is 0 Å². The van der Waals surface area contributed by atoms with Crippen LogP contribution in [0.4, 0.5) is 0 Å². The van der Waals surface area contributed by atoms with E-state index in [1.165, 1.54) is 0 Å². The summed E-state index contributed by atoms with van der Waals surface area (Å²) in [7, 11) is -0.280. The summed E-state index contributed by atoms with van der Waals surface area (Å²) in [6.45, 7) is 0. The van der Waals surface area contributed by atoms with Gasteiger partial charge in [-0.25, -0.2) is 0 Å². The van der Waals surface area contributed by atoms with Gasteiger partial charge in [0.2, 0.25) is 0 Å². The largest absolute Gasteiger partial charge is 0.624 e. The summed E-state index contributed by atoms with van der Waals surface area (Å²) in [5.74, 6) is 4.23. The minimum Gasteiger partial charge on any atom is -0.520 e. The van der Waals surface area contributed by atoms with Crippen LogP contribution in [0.15, 0.2) is 36.3 Å². The summed E-state index contributed by atoms with van der Waals surface area (Å²) in [4.78, 5) is 0. The molecule has 0 atom stereocenters. The topological polar surface area (TPSA) is 18.5 Å². The smallest absolute Gasteiger partial charge is 0.520 e. The van der Waals surface area contributed by atoms with Gasteiger partial charge in [0.25, 0.3) is 0 Å². The molecule has 2 rings (SSSR count). The lowest BCUT2D eigenvalue weighted by Gasteiger charge is -1.97. The molecule has 0 saturated heterocycles. The Balaban J connectivity index is 1.87. The molecule has 0 unspecified atom stereocenters. The Kier molecular flexibility index (Phi) is 3.56. The van der Waals surface area contributed by atoms with Crippen molar-refractivity contribution in [2.75, 3.05) is 5.88 Å². The fourth-order valence-corrected chi connectivity index (χ4v) is 1.55. The van der Waals surface area contributed by atoms with E-state index in [1.54, 1.807) is 0 Å². The number of hydrogen-bond acceptors (Lipinski definition) is 2. The highest BCUT2D eigenvalue weighted by Crippen LogP contribution is 2.32. The van der Waals surface area contributed by atoms with Crippen LogP contribution in [0.25, 0.3) is 0 Å². The highest BCUT2D eigenvalue weighted by molar-refractivity contribution is 6.53. The van der Waals surface area contributed by atoms with Gasteiger partial charge in [-0.05, 0) is 30.9 Å². The van der Waals surface area contributed by atoms with Crippen LogP contribution in [0.5, 0.6) is 11.5 Å². The van der Waals surface area contributed by atoms with Gasteiger partial charge in [-0.1, -0.05) is 18.2 Å². The number of alkyl halides is 1. The zero-order valence-corrected chi connectivity index (χ0v) is 9.11. The van der Waals surface area contributed by atoms with Crippen molar-refractivity contribution < 1.29 is 9.31 Å². The van der Waals surface area contributed by atoms with Crippen molar-refractivity contribution in [3.8, 4) is 11.5 Å². The van der Waals surface area contributed by atoms with Crippen LogP contribution in [0.3, 0.4) is 0 Å². The van der Waals surface area contributed by atoms with Crippen LogP contribution in [0.1, 0.15) is 12.8 Å². The van der Waals surface area contributed by atoms with Crippen molar-refractivity contribution in [3.05, 3.63) is 36.3 Å². The molecule has 0 fully saturated rings. The zero-order valence-electron chi connectivity index (χ0n) is 8.36. The van der Waals surface area contributed by atoms with Gasteiger partial charge in [0, 0.05) is 5.88 Å². The molecule has 0 spiro atoms. The number of allylic oxidation sites excluding steroid dienone is 1.